The Bertz CT molecular complexity index is 549. The predicted molar refractivity (Wildman–Crippen MR) is 88.8 cm³/mol. The smallest absolute Gasteiger partial charge is 0.370 e. The van der Waals surface area contributed by atoms with E-state index >= 15 is 0 Å². The van der Waals surface area contributed by atoms with Crippen LogP contribution in [0.25, 0.3) is 0 Å². The molecule has 0 N–H and O–H groups in total. The lowest BCUT2D eigenvalue weighted by atomic mass is 9.88. The molecular weight excluding hydrogens is 290 g/mol. The van der Waals surface area contributed by atoms with E-state index in [9.17, 15) is 4.79 Å². The molecule has 0 atom stereocenters. The van der Waals surface area contributed by atoms with Crippen molar-refractivity contribution in [3.05, 3.63) is 11.8 Å². The summed E-state index contributed by atoms with van der Waals surface area (Å²) in [5.41, 5.74) is 0.0152. The summed E-state index contributed by atoms with van der Waals surface area (Å²) in [6.07, 6.45) is 3.65. The van der Waals surface area contributed by atoms with Gasteiger partial charge in [0.15, 0.2) is 6.54 Å². The Labute approximate surface area is 140 Å². The third kappa shape index (κ3) is 5.33. The van der Waals surface area contributed by atoms with Crippen LogP contribution in [-0.4, -0.2) is 29.0 Å². The summed E-state index contributed by atoms with van der Waals surface area (Å²) in [5, 5.41) is 4.61. The molecule has 0 radical (unpaired) electrons. The number of hydrogen-bond donors (Lipinski definition) is 0. The van der Waals surface area contributed by atoms with Gasteiger partial charge in [-0.1, -0.05) is 39.3 Å². The normalized spacial score (nSPS) is 16.2. The lowest BCUT2D eigenvalue weighted by Gasteiger charge is -2.23. The molecule has 23 heavy (non-hydrogen) atoms. The van der Waals surface area contributed by atoms with Crippen molar-refractivity contribution in [3.8, 4) is 0 Å². The number of nitrogens with zero attached hydrogens (tertiary/aromatic N) is 3. The van der Waals surface area contributed by atoms with Crippen molar-refractivity contribution in [2.75, 3.05) is 13.1 Å². The van der Waals surface area contributed by atoms with E-state index in [1.807, 2.05) is 16.5 Å². The highest BCUT2D eigenvalue weighted by atomic mass is 16.4. The summed E-state index contributed by atoms with van der Waals surface area (Å²) >= 11 is 0. The van der Waals surface area contributed by atoms with Gasteiger partial charge in [0.2, 0.25) is 5.91 Å². The minimum Gasteiger partial charge on any atom is -0.386 e. The Morgan fingerprint density at radius 1 is 1.22 bits per heavy atom. The minimum atomic E-state index is -0.134. The molecule has 1 aliphatic rings. The van der Waals surface area contributed by atoms with E-state index in [0.29, 0.717) is 13.0 Å². The highest BCUT2D eigenvalue weighted by Gasteiger charge is 2.33. The molecular formula is C18H32N3O2+. The molecule has 5 heteroatoms. The summed E-state index contributed by atoms with van der Waals surface area (Å²) in [4.78, 5) is 14.4. The zero-order chi connectivity index (χ0) is 17.3. The van der Waals surface area contributed by atoms with Crippen LogP contribution in [0, 0.1) is 17.8 Å². The fourth-order valence-electron chi connectivity index (χ4n) is 3.07. The third-order valence-corrected chi connectivity index (χ3v) is 4.21. The number of rotatable bonds is 5. The van der Waals surface area contributed by atoms with Gasteiger partial charge in [-0.2, -0.15) is 0 Å². The van der Waals surface area contributed by atoms with Gasteiger partial charge in [-0.25, -0.2) is 0 Å². The van der Waals surface area contributed by atoms with Gasteiger partial charge in [0.1, 0.15) is 0 Å². The van der Waals surface area contributed by atoms with Gasteiger partial charge >= 0.3 is 5.89 Å². The van der Waals surface area contributed by atoms with E-state index in [2.05, 4.69) is 39.7 Å². The van der Waals surface area contributed by atoms with Crippen molar-refractivity contribution in [2.24, 2.45) is 10.8 Å². The van der Waals surface area contributed by atoms with Crippen LogP contribution in [-0.2, 0) is 17.8 Å². The van der Waals surface area contributed by atoms with Gasteiger partial charge in [0.25, 0.3) is 5.89 Å². The SMILES string of the molecule is Cc1oc(CC(C)(C)C)n[n+]1CC(C)(C)CC(=O)N1CCCC1. The fourth-order valence-corrected chi connectivity index (χ4v) is 3.07. The van der Waals surface area contributed by atoms with Crippen LogP contribution in [0.3, 0.4) is 0 Å². The zero-order valence-corrected chi connectivity index (χ0v) is 15.6. The molecule has 1 fully saturated rings. The largest absolute Gasteiger partial charge is 0.386 e. The first-order valence-electron chi connectivity index (χ1n) is 8.70. The van der Waals surface area contributed by atoms with Crippen molar-refractivity contribution < 1.29 is 13.9 Å². The zero-order valence-electron chi connectivity index (χ0n) is 15.6. The highest BCUT2D eigenvalue weighted by Crippen LogP contribution is 2.24. The lowest BCUT2D eigenvalue weighted by Crippen LogP contribution is -2.46. The van der Waals surface area contributed by atoms with Crippen molar-refractivity contribution >= 4 is 5.91 Å². The van der Waals surface area contributed by atoms with Gasteiger partial charge in [-0.3, -0.25) is 4.79 Å². The topological polar surface area (TPSA) is 50.2 Å². The summed E-state index contributed by atoms with van der Waals surface area (Å²) < 4.78 is 7.71. The van der Waals surface area contributed by atoms with Gasteiger partial charge in [-0.15, -0.1) is 0 Å². The number of aryl methyl sites for hydroxylation is 1. The Hall–Kier alpha value is -1.39. The highest BCUT2D eigenvalue weighted by molar-refractivity contribution is 5.77. The van der Waals surface area contributed by atoms with E-state index in [-0.39, 0.29) is 16.7 Å². The van der Waals surface area contributed by atoms with E-state index in [0.717, 1.165) is 44.1 Å². The van der Waals surface area contributed by atoms with Gasteiger partial charge in [0.05, 0.1) is 6.92 Å². The maximum absolute atomic E-state index is 12.4. The molecule has 2 heterocycles. The van der Waals surface area contributed by atoms with Crippen LogP contribution in [0.15, 0.2) is 4.42 Å². The van der Waals surface area contributed by atoms with E-state index in [4.69, 9.17) is 4.42 Å². The quantitative estimate of drug-likeness (QED) is 0.783. The van der Waals surface area contributed by atoms with Crippen LogP contribution >= 0.6 is 0 Å². The molecule has 0 bridgehead atoms. The average Bonchev–Trinajstić information content (AvgIpc) is 2.97. The number of aromatic nitrogens is 2. The minimum absolute atomic E-state index is 0.134. The Morgan fingerprint density at radius 3 is 2.39 bits per heavy atom. The van der Waals surface area contributed by atoms with Crippen LogP contribution in [0.5, 0.6) is 0 Å². The van der Waals surface area contributed by atoms with Crippen LogP contribution < -0.4 is 4.68 Å². The monoisotopic (exact) mass is 322 g/mol. The Kier molecular flexibility index (Phi) is 5.17. The van der Waals surface area contributed by atoms with E-state index in [1.165, 1.54) is 0 Å². The van der Waals surface area contributed by atoms with Crippen LogP contribution in [0.2, 0.25) is 0 Å². The third-order valence-electron chi connectivity index (χ3n) is 4.21. The molecule has 0 spiro atoms. The standard InChI is InChI=1S/C18H32N3O2/c1-14-21(19-15(23-14)11-17(2,3)4)13-18(5,6)12-16(22)20-9-7-8-10-20/h7-13H2,1-6H3/q+1. The summed E-state index contributed by atoms with van der Waals surface area (Å²) in [6, 6.07) is 0. The average molecular weight is 322 g/mol. The summed E-state index contributed by atoms with van der Waals surface area (Å²) in [7, 11) is 0. The molecule has 0 aromatic carbocycles. The van der Waals surface area contributed by atoms with Crippen molar-refractivity contribution in [3.63, 3.8) is 0 Å². The second kappa shape index (κ2) is 6.62. The molecule has 1 amide bonds. The Morgan fingerprint density at radius 2 is 1.83 bits per heavy atom. The Balaban J connectivity index is 2.00. The van der Waals surface area contributed by atoms with E-state index in [1.54, 1.807) is 0 Å². The van der Waals surface area contributed by atoms with Gasteiger partial charge < -0.3 is 9.32 Å². The summed E-state index contributed by atoms with van der Waals surface area (Å²) in [5.74, 6) is 1.85. The molecule has 1 aromatic rings. The fraction of sp³-hybridized carbons (Fsp3) is 0.833. The first-order chi connectivity index (χ1) is 10.6. The van der Waals surface area contributed by atoms with Crippen molar-refractivity contribution in [2.45, 2.75) is 73.8 Å². The van der Waals surface area contributed by atoms with Crippen molar-refractivity contribution in [1.82, 2.24) is 10.00 Å². The predicted octanol–water partition coefficient (Wildman–Crippen LogP) is 2.90. The second-order valence-electron chi connectivity index (χ2n) is 8.84. The van der Waals surface area contributed by atoms with Gasteiger partial charge in [0, 0.05) is 36.4 Å². The van der Waals surface area contributed by atoms with Crippen LogP contribution in [0.1, 0.15) is 65.7 Å². The van der Waals surface area contributed by atoms with Crippen molar-refractivity contribution in [1.29, 1.82) is 0 Å². The molecule has 0 aliphatic carbocycles. The molecule has 1 aromatic heterocycles. The number of carbonyl (C=O) groups is 1. The summed E-state index contributed by atoms with van der Waals surface area (Å²) in [6.45, 7) is 15.3. The molecule has 1 aliphatic heterocycles. The first kappa shape index (κ1) is 18.0. The second-order valence-corrected chi connectivity index (χ2v) is 8.84. The van der Waals surface area contributed by atoms with Gasteiger partial charge in [-0.05, 0) is 18.3 Å². The number of likely N-dealkylation sites (tertiary alicyclic amines) is 1. The molecule has 5 nitrogen and oxygen atoms in total. The molecule has 0 unspecified atom stereocenters. The number of amides is 1. The van der Waals surface area contributed by atoms with E-state index < -0.39 is 0 Å². The molecule has 0 saturated carbocycles. The maximum Gasteiger partial charge on any atom is 0.370 e. The number of carbonyl (C=O) groups excluding carboxylic acids is 1. The lowest BCUT2D eigenvalue weighted by molar-refractivity contribution is -0.770. The van der Waals surface area contributed by atoms with Crippen LogP contribution in [0.4, 0.5) is 0 Å². The molecule has 2 rings (SSSR count). The molecule has 1 saturated heterocycles. The molecule has 130 valence electrons. The first-order valence-corrected chi connectivity index (χ1v) is 8.70. The number of hydrogen-bond acceptors (Lipinski definition) is 3. The maximum atomic E-state index is 12.4.